The standard InChI is InChI=1S/C27H36N6O3/c1-28-27(21-7-3-2-4-8-21)15-13-25(14-16-27)19-32(24(35)33(25)20-26(36)11-6-12-26)18-10-23(34)30-22-9-5-17-29-31-22/h2-5,7-9,17,28,36H,6,10-16,18-20H2,1H3,(H,30,31,34). The fourth-order valence-electron chi connectivity index (χ4n) is 6.15. The van der Waals surface area contributed by atoms with E-state index in [0.29, 0.717) is 25.5 Å². The number of carbonyl (C=O) groups is 2. The highest BCUT2D eigenvalue weighted by molar-refractivity contribution is 5.90. The molecule has 5 rings (SSSR count). The number of nitrogens with zero attached hydrogens (tertiary/aromatic N) is 4. The number of aromatic nitrogens is 2. The molecule has 9 heteroatoms. The van der Waals surface area contributed by atoms with Gasteiger partial charge in [-0.25, -0.2) is 4.79 Å². The van der Waals surface area contributed by atoms with Gasteiger partial charge in [-0.3, -0.25) is 4.79 Å². The van der Waals surface area contributed by atoms with E-state index in [4.69, 9.17) is 0 Å². The smallest absolute Gasteiger partial charge is 0.320 e. The Hall–Kier alpha value is -3.04. The molecule has 0 bridgehead atoms. The summed E-state index contributed by atoms with van der Waals surface area (Å²) >= 11 is 0. The number of benzene rings is 1. The summed E-state index contributed by atoms with van der Waals surface area (Å²) in [4.78, 5) is 29.9. The summed E-state index contributed by atoms with van der Waals surface area (Å²) in [5.74, 6) is 0.201. The Morgan fingerprint density at radius 2 is 1.81 bits per heavy atom. The van der Waals surface area contributed by atoms with Crippen molar-refractivity contribution >= 4 is 17.8 Å². The molecule has 1 aromatic carbocycles. The maximum absolute atomic E-state index is 13.6. The van der Waals surface area contributed by atoms with Crippen LogP contribution in [0.25, 0.3) is 0 Å². The van der Waals surface area contributed by atoms with E-state index in [1.54, 1.807) is 23.2 Å². The lowest BCUT2D eigenvalue weighted by Gasteiger charge is -2.50. The molecule has 1 spiro atoms. The summed E-state index contributed by atoms with van der Waals surface area (Å²) in [5, 5.41) is 25.0. The van der Waals surface area contributed by atoms with Crippen LogP contribution in [-0.2, 0) is 10.3 Å². The van der Waals surface area contributed by atoms with Gasteiger partial charge >= 0.3 is 6.03 Å². The number of amides is 3. The van der Waals surface area contributed by atoms with Crippen LogP contribution in [0.4, 0.5) is 10.6 Å². The van der Waals surface area contributed by atoms with E-state index in [1.165, 1.54) is 5.56 Å². The predicted molar refractivity (Wildman–Crippen MR) is 136 cm³/mol. The molecular weight excluding hydrogens is 456 g/mol. The van der Waals surface area contributed by atoms with E-state index in [1.807, 2.05) is 18.0 Å². The largest absolute Gasteiger partial charge is 0.388 e. The first-order chi connectivity index (χ1) is 17.4. The van der Waals surface area contributed by atoms with Crippen molar-refractivity contribution < 1.29 is 14.7 Å². The lowest BCUT2D eigenvalue weighted by molar-refractivity contribution is -0.116. The first-order valence-corrected chi connectivity index (χ1v) is 13.0. The van der Waals surface area contributed by atoms with E-state index in [0.717, 1.165) is 44.9 Å². The van der Waals surface area contributed by atoms with Crippen LogP contribution in [0.5, 0.6) is 0 Å². The summed E-state index contributed by atoms with van der Waals surface area (Å²) < 4.78 is 0. The van der Waals surface area contributed by atoms with Crippen LogP contribution in [0, 0.1) is 0 Å². The van der Waals surface area contributed by atoms with Gasteiger partial charge in [0.05, 0.1) is 17.7 Å². The van der Waals surface area contributed by atoms with Gasteiger partial charge in [0.15, 0.2) is 5.82 Å². The second-order valence-corrected chi connectivity index (χ2v) is 10.7. The van der Waals surface area contributed by atoms with E-state index in [9.17, 15) is 14.7 Å². The fraction of sp³-hybridized carbons (Fsp3) is 0.556. The molecule has 2 heterocycles. The third-order valence-electron chi connectivity index (χ3n) is 8.58. The molecule has 0 atom stereocenters. The number of aliphatic hydroxyl groups is 1. The van der Waals surface area contributed by atoms with Gasteiger partial charge in [-0.05, 0) is 69.7 Å². The Bertz CT molecular complexity index is 1070. The average Bonchev–Trinajstić information content (AvgIpc) is 3.14. The summed E-state index contributed by atoms with van der Waals surface area (Å²) in [6.45, 7) is 1.28. The van der Waals surface area contributed by atoms with Crippen molar-refractivity contribution in [2.75, 3.05) is 32.0 Å². The molecule has 1 aliphatic heterocycles. The van der Waals surface area contributed by atoms with Crippen LogP contribution in [0.15, 0.2) is 48.7 Å². The van der Waals surface area contributed by atoms with E-state index >= 15 is 0 Å². The molecule has 2 saturated carbocycles. The Morgan fingerprint density at radius 1 is 1.06 bits per heavy atom. The number of urea groups is 1. The molecule has 3 fully saturated rings. The van der Waals surface area contributed by atoms with E-state index in [2.05, 4.69) is 45.1 Å². The molecule has 36 heavy (non-hydrogen) atoms. The quantitative estimate of drug-likeness (QED) is 0.523. The van der Waals surface area contributed by atoms with Crippen molar-refractivity contribution in [3.05, 3.63) is 54.2 Å². The Kier molecular flexibility index (Phi) is 6.70. The molecule has 1 aromatic heterocycles. The first-order valence-electron chi connectivity index (χ1n) is 13.0. The third kappa shape index (κ3) is 4.69. The monoisotopic (exact) mass is 492 g/mol. The van der Waals surface area contributed by atoms with Crippen molar-refractivity contribution in [2.45, 2.75) is 68.0 Å². The molecule has 2 aliphatic carbocycles. The van der Waals surface area contributed by atoms with Crippen LogP contribution in [0.2, 0.25) is 0 Å². The lowest BCUT2D eigenvalue weighted by Crippen LogP contribution is -2.59. The molecule has 3 aliphatic rings. The predicted octanol–water partition coefficient (Wildman–Crippen LogP) is 2.89. The molecule has 0 unspecified atom stereocenters. The number of rotatable bonds is 8. The van der Waals surface area contributed by atoms with Gasteiger partial charge in [0.1, 0.15) is 0 Å². The number of hydrogen-bond acceptors (Lipinski definition) is 6. The Balaban J connectivity index is 1.30. The van der Waals surface area contributed by atoms with Crippen molar-refractivity contribution in [3.63, 3.8) is 0 Å². The van der Waals surface area contributed by atoms with Crippen molar-refractivity contribution in [2.24, 2.45) is 0 Å². The van der Waals surface area contributed by atoms with Crippen molar-refractivity contribution in [1.29, 1.82) is 0 Å². The summed E-state index contributed by atoms with van der Waals surface area (Å²) in [6, 6.07) is 13.9. The number of hydrogen-bond donors (Lipinski definition) is 3. The van der Waals surface area contributed by atoms with Gasteiger partial charge < -0.3 is 25.5 Å². The zero-order valence-electron chi connectivity index (χ0n) is 20.9. The third-order valence-corrected chi connectivity index (χ3v) is 8.58. The van der Waals surface area contributed by atoms with Gasteiger partial charge in [-0.1, -0.05) is 30.3 Å². The minimum absolute atomic E-state index is 0.0701. The highest BCUT2D eigenvalue weighted by atomic mass is 16.3. The van der Waals surface area contributed by atoms with Crippen molar-refractivity contribution in [1.82, 2.24) is 25.3 Å². The number of carbonyl (C=O) groups excluding carboxylic acids is 2. The normalized spacial score (nSPS) is 27.2. The number of nitrogens with one attached hydrogen (secondary N) is 2. The van der Waals surface area contributed by atoms with Crippen molar-refractivity contribution in [3.8, 4) is 0 Å². The summed E-state index contributed by atoms with van der Waals surface area (Å²) in [5.41, 5.74) is 0.0182. The lowest BCUT2D eigenvalue weighted by atomic mass is 9.68. The van der Waals surface area contributed by atoms with Crippen LogP contribution in [0.1, 0.15) is 56.9 Å². The minimum Gasteiger partial charge on any atom is -0.388 e. The molecule has 0 radical (unpaired) electrons. The molecule has 3 amide bonds. The van der Waals surface area contributed by atoms with Crippen LogP contribution in [-0.4, -0.2) is 74.9 Å². The number of anilines is 1. The first kappa shape index (κ1) is 24.6. The summed E-state index contributed by atoms with van der Waals surface area (Å²) in [7, 11) is 2.02. The molecule has 9 nitrogen and oxygen atoms in total. The van der Waals surface area contributed by atoms with E-state index < -0.39 is 5.60 Å². The molecule has 2 aromatic rings. The highest BCUT2D eigenvalue weighted by Gasteiger charge is 2.55. The van der Waals surface area contributed by atoms with Crippen LogP contribution >= 0.6 is 0 Å². The van der Waals surface area contributed by atoms with Gasteiger partial charge in [0.2, 0.25) is 5.91 Å². The molecular formula is C27H36N6O3. The number of β-amino-alcohol motifs (C(OH)–C–C–N with tert-alkyl or cyclic N) is 1. The van der Waals surface area contributed by atoms with Gasteiger partial charge in [-0.2, -0.15) is 5.10 Å². The summed E-state index contributed by atoms with van der Waals surface area (Å²) in [6.07, 6.45) is 7.67. The second-order valence-electron chi connectivity index (χ2n) is 10.7. The van der Waals surface area contributed by atoms with Gasteiger partial charge in [-0.15, -0.1) is 5.10 Å². The van der Waals surface area contributed by atoms with Crippen LogP contribution < -0.4 is 10.6 Å². The SMILES string of the molecule is CNC1(c2ccccc2)CCC2(CC1)CN(CCC(=O)Nc1cccnn1)C(=O)N2CC1(O)CCC1. The topological polar surface area (TPSA) is 111 Å². The van der Waals surface area contributed by atoms with Gasteiger partial charge in [0, 0.05) is 31.2 Å². The van der Waals surface area contributed by atoms with Crippen LogP contribution in [0.3, 0.4) is 0 Å². The molecule has 1 saturated heterocycles. The fourth-order valence-corrected chi connectivity index (χ4v) is 6.15. The van der Waals surface area contributed by atoms with Gasteiger partial charge in [0.25, 0.3) is 0 Å². The molecule has 192 valence electrons. The zero-order valence-corrected chi connectivity index (χ0v) is 20.9. The minimum atomic E-state index is -0.793. The maximum Gasteiger partial charge on any atom is 0.320 e. The molecule has 3 N–H and O–H groups in total. The highest BCUT2D eigenvalue weighted by Crippen LogP contribution is 2.48. The average molecular weight is 493 g/mol. The second kappa shape index (κ2) is 9.78. The Morgan fingerprint density at radius 3 is 2.42 bits per heavy atom. The zero-order chi connectivity index (χ0) is 25.2. The van der Waals surface area contributed by atoms with E-state index in [-0.39, 0.29) is 29.4 Å². The maximum atomic E-state index is 13.6. The Labute approximate surface area is 212 Å².